The van der Waals surface area contributed by atoms with Gasteiger partial charge in [0.25, 0.3) is 0 Å². The number of imidazole rings is 1. The maximum Gasteiger partial charge on any atom is 0.239 e. The molecule has 0 spiro atoms. The molecule has 0 aliphatic carbocycles. The van der Waals surface area contributed by atoms with Crippen molar-refractivity contribution in [1.82, 2.24) is 14.9 Å². The fourth-order valence-electron chi connectivity index (χ4n) is 1.67. The summed E-state index contributed by atoms with van der Waals surface area (Å²) in [6, 6.07) is 6.27. The van der Waals surface area contributed by atoms with Crippen LogP contribution < -0.4 is 5.32 Å². The Bertz CT molecular complexity index is 533. The highest BCUT2D eigenvalue weighted by atomic mass is 19.1. The van der Waals surface area contributed by atoms with Crippen molar-refractivity contribution in [1.29, 1.82) is 0 Å². The van der Waals surface area contributed by atoms with Crippen molar-refractivity contribution in [3.8, 4) is 0 Å². The van der Waals surface area contributed by atoms with Gasteiger partial charge in [-0.1, -0.05) is 12.1 Å². The van der Waals surface area contributed by atoms with E-state index >= 15 is 0 Å². The number of likely N-dealkylation sites (N-methyl/N-ethyl adjacent to an activating group) is 1. The van der Waals surface area contributed by atoms with Crippen molar-refractivity contribution in [2.75, 3.05) is 7.05 Å². The van der Waals surface area contributed by atoms with Gasteiger partial charge in [0.1, 0.15) is 18.2 Å². The van der Waals surface area contributed by atoms with Crippen molar-refractivity contribution in [2.45, 2.75) is 13.0 Å². The van der Waals surface area contributed by atoms with Gasteiger partial charge in [0.2, 0.25) is 5.91 Å². The number of hydrogen-bond donors (Lipinski definition) is 1. The van der Waals surface area contributed by atoms with E-state index in [0.29, 0.717) is 6.42 Å². The minimum absolute atomic E-state index is 0.0756. The summed E-state index contributed by atoms with van der Waals surface area (Å²) in [5.74, 6) is 0.450. The van der Waals surface area contributed by atoms with Crippen LogP contribution in [-0.2, 0) is 17.8 Å². The molecule has 1 amide bonds. The zero-order chi connectivity index (χ0) is 13.0. The van der Waals surface area contributed by atoms with Gasteiger partial charge >= 0.3 is 0 Å². The number of benzene rings is 1. The third kappa shape index (κ3) is 2.94. The van der Waals surface area contributed by atoms with Crippen LogP contribution in [0.3, 0.4) is 0 Å². The fraction of sp³-hybridized carbons (Fsp3) is 0.231. The molecular formula is C13H14FN3O. The Morgan fingerprint density at radius 2 is 2.11 bits per heavy atom. The molecule has 0 aliphatic heterocycles. The number of hydrogen-bond acceptors (Lipinski definition) is 2. The third-order valence-corrected chi connectivity index (χ3v) is 2.67. The molecule has 0 bridgehead atoms. The highest BCUT2D eigenvalue weighted by Gasteiger charge is 2.07. The quantitative estimate of drug-likeness (QED) is 0.886. The van der Waals surface area contributed by atoms with Crippen molar-refractivity contribution < 1.29 is 9.18 Å². The Hall–Kier alpha value is -2.17. The van der Waals surface area contributed by atoms with Crippen LogP contribution in [0.2, 0.25) is 0 Å². The molecule has 1 N–H and O–H groups in total. The fourth-order valence-corrected chi connectivity index (χ4v) is 1.67. The lowest BCUT2D eigenvalue weighted by atomic mass is 10.1. The molecule has 0 saturated heterocycles. The zero-order valence-corrected chi connectivity index (χ0v) is 10.1. The van der Waals surface area contributed by atoms with Crippen molar-refractivity contribution in [3.05, 3.63) is 53.9 Å². The predicted octanol–water partition coefficient (Wildman–Crippen LogP) is 1.36. The van der Waals surface area contributed by atoms with Gasteiger partial charge in [-0.15, -0.1) is 0 Å². The highest BCUT2D eigenvalue weighted by molar-refractivity contribution is 5.75. The zero-order valence-electron chi connectivity index (χ0n) is 10.1. The van der Waals surface area contributed by atoms with Crippen LogP contribution in [0, 0.1) is 5.82 Å². The maximum atomic E-state index is 12.8. The predicted molar refractivity (Wildman–Crippen MR) is 65.5 cm³/mol. The second-order valence-corrected chi connectivity index (χ2v) is 3.95. The molecular weight excluding hydrogens is 233 g/mol. The van der Waals surface area contributed by atoms with Crippen LogP contribution in [0.25, 0.3) is 0 Å². The van der Waals surface area contributed by atoms with E-state index in [4.69, 9.17) is 0 Å². The molecule has 2 rings (SSSR count). The lowest BCUT2D eigenvalue weighted by molar-refractivity contribution is -0.121. The number of aromatic nitrogens is 2. The minimum atomic E-state index is -0.257. The van der Waals surface area contributed by atoms with Gasteiger partial charge in [0, 0.05) is 25.9 Å². The van der Waals surface area contributed by atoms with Gasteiger partial charge in [-0.3, -0.25) is 4.79 Å². The van der Waals surface area contributed by atoms with Crippen LogP contribution in [0.5, 0.6) is 0 Å². The molecule has 1 heterocycles. The van der Waals surface area contributed by atoms with Gasteiger partial charge in [-0.25, -0.2) is 9.37 Å². The molecule has 4 nitrogen and oxygen atoms in total. The van der Waals surface area contributed by atoms with E-state index in [2.05, 4.69) is 10.3 Å². The van der Waals surface area contributed by atoms with Crippen molar-refractivity contribution >= 4 is 5.91 Å². The summed E-state index contributed by atoms with van der Waals surface area (Å²) < 4.78 is 14.6. The van der Waals surface area contributed by atoms with E-state index in [1.54, 1.807) is 36.1 Å². The molecule has 0 unspecified atom stereocenters. The smallest absolute Gasteiger partial charge is 0.239 e. The number of nitrogens with zero attached hydrogens (tertiary/aromatic N) is 2. The van der Waals surface area contributed by atoms with Gasteiger partial charge in [-0.2, -0.15) is 0 Å². The Morgan fingerprint density at radius 3 is 2.78 bits per heavy atom. The first-order chi connectivity index (χ1) is 8.69. The topological polar surface area (TPSA) is 46.9 Å². The molecule has 5 heteroatoms. The summed E-state index contributed by atoms with van der Waals surface area (Å²) in [6.45, 7) is 0.243. The van der Waals surface area contributed by atoms with E-state index in [1.165, 1.54) is 12.1 Å². The average molecular weight is 247 g/mol. The van der Waals surface area contributed by atoms with E-state index in [0.717, 1.165) is 11.4 Å². The largest absolute Gasteiger partial charge is 0.358 e. The Morgan fingerprint density at radius 1 is 1.39 bits per heavy atom. The second-order valence-electron chi connectivity index (χ2n) is 3.95. The highest BCUT2D eigenvalue weighted by Crippen LogP contribution is 2.09. The molecule has 0 aliphatic rings. The van der Waals surface area contributed by atoms with Crippen molar-refractivity contribution in [2.24, 2.45) is 0 Å². The normalized spacial score (nSPS) is 10.3. The van der Waals surface area contributed by atoms with E-state index in [1.807, 2.05) is 0 Å². The SMILES string of the molecule is CNC(=O)Cn1ccnc1Cc1ccc(F)cc1. The second kappa shape index (κ2) is 5.44. The molecule has 94 valence electrons. The summed E-state index contributed by atoms with van der Waals surface area (Å²) in [6.07, 6.45) is 3.99. The molecule has 0 radical (unpaired) electrons. The summed E-state index contributed by atoms with van der Waals surface area (Å²) in [4.78, 5) is 15.5. The molecule has 1 aromatic carbocycles. The first-order valence-corrected chi connectivity index (χ1v) is 5.64. The van der Waals surface area contributed by atoms with E-state index in [9.17, 15) is 9.18 Å². The summed E-state index contributed by atoms with van der Waals surface area (Å²) >= 11 is 0. The number of halogens is 1. The standard InChI is InChI=1S/C13H14FN3O/c1-15-13(18)9-17-7-6-16-12(17)8-10-2-4-11(14)5-3-10/h2-7H,8-9H2,1H3,(H,15,18). The number of carbonyl (C=O) groups excluding carboxylic acids is 1. The first kappa shape index (κ1) is 12.3. The summed E-state index contributed by atoms with van der Waals surface area (Å²) in [5.41, 5.74) is 0.959. The number of rotatable bonds is 4. The molecule has 0 atom stereocenters. The van der Waals surface area contributed by atoms with Crippen LogP contribution >= 0.6 is 0 Å². The molecule has 0 saturated carbocycles. The minimum Gasteiger partial charge on any atom is -0.358 e. The van der Waals surface area contributed by atoms with Crippen LogP contribution in [0.1, 0.15) is 11.4 Å². The van der Waals surface area contributed by atoms with E-state index in [-0.39, 0.29) is 18.3 Å². The van der Waals surface area contributed by atoms with Gasteiger partial charge < -0.3 is 9.88 Å². The molecule has 0 fully saturated rings. The van der Waals surface area contributed by atoms with Crippen LogP contribution in [0.4, 0.5) is 4.39 Å². The summed E-state index contributed by atoms with van der Waals surface area (Å²) in [5, 5.41) is 2.56. The summed E-state index contributed by atoms with van der Waals surface area (Å²) in [7, 11) is 1.60. The Balaban J connectivity index is 2.12. The third-order valence-electron chi connectivity index (χ3n) is 2.67. The number of carbonyl (C=O) groups is 1. The molecule has 1 aromatic heterocycles. The van der Waals surface area contributed by atoms with Gasteiger partial charge in [0.05, 0.1) is 0 Å². The maximum absolute atomic E-state index is 12.8. The molecule has 2 aromatic rings. The first-order valence-electron chi connectivity index (χ1n) is 5.64. The number of amides is 1. The monoisotopic (exact) mass is 247 g/mol. The van der Waals surface area contributed by atoms with Crippen LogP contribution in [-0.4, -0.2) is 22.5 Å². The van der Waals surface area contributed by atoms with Gasteiger partial charge in [0.15, 0.2) is 0 Å². The van der Waals surface area contributed by atoms with Gasteiger partial charge in [-0.05, 0) is 17.7 Å². The van der Waals surface area contributed by atoms with Crippen molar-refractivity contribution in [3.63, 3.8) is 0 Å². The lowest BCUT2D eigenvalue weighted by Gasteiger charge is -2.07. The number of nitrogens with one attached hydrogen (secondary N) is 1. The average Bonchev–Trinajstić information content (AvgIpc) is 2.79. The van der Waals surface area contributed by atoms with Crippen LogP contribution in [0.15, 0.2) is 36.7 Å². The molecule has 18 heavy (non-hydrogen) atoms. The Labute approximate surface area is 104 Å². The van der Waals surface area contributed by atoms with E-state index < -0.39 is 0 Å². The Kier molecular flexibility index (Phi) is 3.72. The lowest BCUT2D eigenvalue weighted by Crippen LogP contribution is -2.24.